The summed E-state index contributed by atoms with van der Waals surface area (Å²) in [7, 11) is -1.86. The van der Waals surface area contributed by atoms with E-state index in [1.54, 1.807) is 6.08 Å². The Labute approximate surface area is 908 Å². The molecule has 0 radical (unpaired) electrons. The van der Waals surface area contributed by atoms with Crippen LogP contribution in [-0.2, 0) is 41.2 Å². The topological polar surface area (TPSA) is 0 Å². The molecule has 0 saturated heterocycles. The predicted molar refractivity (Wildman–Crippen MR) is 585 cm³/mol. The molecule has 28 heteroatoms. The van der Waals surface area contributed by atoms with Crippen LogP contribution >= 0.6 is 276 Å². The largest absolute Gasteiger partial charge is 0 e. The van der Waals surface area contributed by atoms with Gasteiger partial charge >= 0.3 is 103 Å². The zero-order valence-corrected chi connectivity index (χ0v) is 113. The van der Waals surface area contributed by atoms with E-state index < -0.39 is 26.1 Å². The van der Waals surface area contributed by atoms with E-state index in [1.165, 1.54) is 263 Å². The van der Waals surface area contributed by atoms with Gasteiger partial charge in [-0.1, -0.05) is 203 Å². The first-order valence-corrected chi connectivity index (χ1v) is 93.7. The zero-order chi connectivity index (χ0) is 90.5. The summed E-state index contributed by atoms with van der Waals surface area (Å²) in [5, 5.41) is 3.10. The van der Waals surface area contributed by atoms with E-state index >= 15 is 0 Å². The van der Waals surface area contributed by atoms with E-state index in [-0.39, 0.29) is 41.2 Å². The Balaban J connectivity index is 0.000000175. The van der Waals surface area contributed by atoms with E-state index in [2.05, 4.69) is 280 Å². The van der Waals surface area contributed by atoms with E-state index in [4.69, 9.17) is 111 Å². The van der Waals surface area contributed by atoms with Gasteiger partial charge in [0.1, 0.15) is 0 Å². The van der Waals surface area contributed by atoms with Gasteiger partial charge in [-0.2, -0.15) is 22.2 Å². The number of rotatable bonds is 21. The van der Waals surface area contributed by atoms with Crippen LogP contribution in [-0.4, -0.2) is 56.1 Å². The minimum Gasteiger partial charge on any atom is 0 e. The summed E-state index contributed by atoms with van der Waals surface area (Å²) >= 11 is 96.9. The summed E-state index contributed by atoms with van der Waals surface area (Å²) in [4.78, 5) is 1.34. The van der Waals surface area contributed by atoms with Crippen LogP contribution < -0.4 is 0 Å². The van der Waals surface area contributed by atoms with Gasteiger partial charge in [-0.3, -0.25) is 0 Å². The predicted octanol–water partition coefficient (Wildman–Crippen LogP) is 41.8. The average molecular weight is 2820 g/mol. The quantitative estimate of drug-likeness (QED) is 0.0465. The van der Waals surface area contributed by atoms with Crippen molar-refractivity contribution in [1.29, 1.82) is 0 Å². The molecule has 0 aromatic carbocycles. The minimum atomic E-state index is -2.60. The van der Waals surface area contributed by atoms with Gasteiger partial charge in [0, 0.05) is 49.4 Å². The van der Waals surface area contributed by atoms with Gasteiger partial charge in [0.05, 0.1) is 0 Å². The molecular formula is C94H154Br11Cl10FeSi4Zn2. The molecule has 0 heterocycles. The van der Waals surface area contributed by atoms with Gasteiger partial charge in [-0.05, 0) is 421 Å². The molecule has 24 bridgehead atoms. The van der Waals surface area contributed by atoms with Gasteiger partial charge in [0.2, 0.25) is 7.42 Å². The van der Waals surface area contributed by atoms with Gasteiger partial charge in [-0.25, -0.2) is 0 Å². The van der Waals surface area contributed by atoms with Crippen LogP contribution in [0.1, 0.15) is 353 Å². The maximum Gasteiger partial charge on any atom is 0 e. The summed E-state index contributed by atoms with van der Waals surface area (Å²) < 4.78 is 0.538. The monoisotopic (exact) mass is 2800 g/mol. The summed E-state index contributed by atoms with van der Waals surface area (Å²) in [6.07, 6.45) is 67.5. The molecule has 24 saturated carbocycles. The third-order valence-corrected chi connectivity index (χ3v) is 52.3. The Morgan fingerprint density at radius 1 is 0.369 bits per heavy atom. The molecule has 122 heavy (non-hydrogen) atoms. The molecule has 24 fully saturated rings. The second-order valence-electron chi connectivity index (χ2n) is 50.4. The van der Waals surface area contributed by atoms with E-state index in [9.17, 15) is 0 Å². The third kappa shape index (κ3) is 34.1. The molecule has 24 rings (SSSR count). The molecule has 705 valence electrons. The molecular weight excluding hydrogens is 2660 g/mol. The van der Waals surface area contributed by atoms with Crippen molar-refractivity contribution in [2.24, 2.45) is 128 Å². The molecule has 0 nitrogen and oxygen atoms in total. The fraction of sp³-hybridized carbons (Fsp3) is 0.936. The standard InChI is InChI=1S/C17H29Cl5Si2.2C15H24Br2.2C15H24.C12H19Br.C3H5Br.C2H5Cl5Si2.5BrH.Fe.2Zn/c1-15-8-14-9-16(2,11-15)13-17(10-14,12-15)4-3-5-23(18,19)6-7-24(20,21)22;2*1-13-3-11-4-14(2,8-13)10-15(5-11,9-13)6-12(17)7-16;2*1-4-5-15-8-12-6-13(2,10-15)9-14(3,7-12)11-15;1-10-3-9-4-11(2,6-10)8-12(13,5-9)7-10;1-2-3-4;3-8(4)1-2-9(5,6)7;;;;;;;;/h14H,3-13H2,1-2H3;2*11-12H,3-10H2,1-2H3;2*4,12H,1,5-11H2,2-3H3;9H,3-8H2,1-2H3;2H,1,3H2;8H,1-2H2;5*1H;;;/q;;;;;;;;;;;;;+3;;+2/p-5. The fourth-order valence-corrected chi connectivity index (χ4v) is 57.4. The SMILES string of the molecule is C=CCBr.C=CCC12CC3CC(C)(CC(C)(C3)C1)C2.C=CCC12CC3CC(C)(CC(C)(C3)C1)C2.CC12CC3CC(C)(C1)CC(Br)(C3)C2.CC12CC3CC(C)(C1)CC(CC(Br)CBr)(C3)C2.CC12CC3CC(C)(C1)CC(CC(Br)CBr)(C3)C2.CC12CC3CC(C)(C1)CC(CCC[Si](Cl)(Cl)CC[Si](Cl)(Cl)Cl)(C3)C2.Cl[SiH](Cl)CC[Si](Cl)(Cl)Cl.[Br][Fe]([Br])[Br].[Br][Zn][Br].[Zn]. The van der Waals surface area contributed by atoms with Crippen LogP contribution in [0.2, 0.25) is 30.2 Å². The molecule has 0 aromatic rings. The zero-order valence-electron chi connectivity index (χ0n) is 76.6. The van der Waals surface area contributed by atoms with Crippen LogP contribution in [0.5, 0.6) is 0 Å². The fourth-order valence-electron chi connectivity index (χ4n) is 38.0. The van der Waals surface area contributed by atoms with Crippen molar-refractivity contribution in [3.05, 3.63) is 38.0 Å². The molecule has 24 aliphatic carbocycles. The maximum atomic E-state index is 6.63. The van der Waals surface area contributed by atoms with Gasteiger partial charge < -0.3 is 0 Å². The molecule has 0 amide bonds. The van der Waals surface area contributed by atoms with E-state index in [0.29, 0.717) is 124 Å². The second-order valence-corrected chi connectivity index (χ2v) is 119. The van der Waals surface area contributed by atoms with Gasteiger partial charge in [-0.15, -0.1) is 108 Å². The second kappa shape index (κ2) is 45.8. The maximum absolute atomic E-state index is 6.63. The van der Waals surface area contributed by atoms with Crippen LogP contribution in [0.25, 0.3) is 0 Å². The number of hydrogen-bond acceptors (Lipinski definition) is 0. The molecule has 0 spiro atoms. The van der Waals surface area contributed by atoms with Crippen molar-refractivity contribution in [1.82, 2.24) is 0 Å². The Hall–Kier alpha value is 10.0. The van der Waals surface area contributed by atoms with Crippen LogP contribution in [0.4, 0.5) is 0 Å². The Morgan fingerprint density at radius 3 is 0.803 bits per heavy atom. The van der Waals surface area contributed by atoms with E-state index in [1.807, 2.05) is 0 Å². The van der Waals surface area contributed by atoms with Crippen molar-refractivity contribution >= 4 is 302 Å². The third-order valence-electron chi connectivity index (χ3n) is 33.8. The summed E-state index contributed by atoms with van der Waals surface area (Å²) in [6.45, 7) is 39.7. The van der Waals surface area contributed by atoms with Gasteiger partial charge in [0.15, 0.2) is 0 Å². The minimum absolute atomic E-state index is 0. The first-order valence-electron chi connectivity index (χ1n) is 46.4. The first kappa shape index (κ1) is 117. The van der Waals surface area contributed by atoms with Crippen molar-refractivity contribution in [3.63, 3.8) is 0 Å². The van der Waals surface area contributed by atoms with Crippen molar-refractivity contribution < 1.29 is 41.2 Å². The molecule has 14 atom stereocenters. The number of alkyl halides is 6. The molecule has 14 unspecified atom stereocenters. The van der Waals surface area contributed by atoms with E-state index in [0.717, 1.165) is 70.0 Å². The molecule has 0 aliphatic heterocycles. The van der Waals surface area contributed by atoms with Crippen LogP contribution in [0.3, 0.4) is 0 Å². The summed E-state index contributed by atoms with van der Waals surface area (Å²) in [5.74, 6) is 6.14. The van der Waals surface area contributed by atoms with Gasteiger partial charge in [0.25, 0.3) is 6.69 Å². The first-order chi connectivity index (χ1) is 55.4. The van der Waals surface area contributed by atoms with Crippen molar-refractivity contribution in [2.75, 3.05) is 16.0 Å². The average Bonchev–Trinajstić information content (AvgIpc) is 0.780. The Morgan fingerprint density at radius 2 is 0.598 bits per heavy atom. The molecule has 24 aliphatic rings. The molecule has 0 N–H and O–H groups in total. The normalized spacial score (nSPS) is 45.8. The summed E-state index contributed by atoms with van der Waals surface area (Å²) in [5.41, 5.74) is 11.2. The number of allylic oxidation sites excluding steroid dienone is 3. The Bertz CT molecular complexity index is 3170. The number of halogens is 21. The van der Waals surface area contributed by atoms with Crippen molar-refractivity contribution in [3.8, 4) is 0 Å². The van der Waals surface area contributed by atoms with Crippen LogP contribution in [0.15, 0.2) is 38.0 Å². The summed E-state index contributed by atoms with van der Waals surface area (Å²) in [6, 6.07) is -1.48. The Kier molecular flexibility index (Phi) is 44.0. The molecule has 0 aromatic heterocycles. The van der Waals surface area contributed by atoms with Crippen molar-refractivity contribution in [2.45, 2.75) is 397 Å². The van der Waals surface area contributed by atoms with Crippen LogP contribution in [0, 0.1) is 128 Å². The smallest absolute Gasteiger partial charge is 0 e. The number of hydrogen-bond donors (Lipinski definition) is 0.